The smallest absolute Gasteiger partial charge is 0.308 e. The third-order valence-electron chi connectivity index (χ3n) is 8.69. The predicted octanol–water partition coefficient (Wildman–Crippen LogP) is 4.39. The number of fused-ring (bicyclic) bond motifs is 1. The molecule has 42 heavy (non-hydrogen) atoms. The first-order chi connectivity index (χ1) is 20.4. The number of para-hydroxylation sites is 1. The summed E-state index contributed by atoms with van der Waals surface area (Å²) in [6.45, 7) is 4.05. The Balaban J connectivity index is 1.46. The molecule has 1 fully saturated rings. The van der Waals surface area contributed by atoms with E-state index in [4.69, 9.17) is 9.47 Å². The molecule has 2 aromatic carbocycles. The van der Waals surface area contributed by atoms with Gasteiger partial charge in [-0.1, -0.05) is 43.7 Å². The molecule has 0 aliphatic carbocycles. The molecule has 0 bridgehead atoms. The number of nitrogens with zero attached hydrogens (tertiary/aromatic N) is 3. The molecule has 3 aromatic rings. The predicted molar refractivity (Wildman–Crippen MR) is 161 cm³/mol. The number of anilines is 1. The average molecular weight is 573 g/mol. The Morgan fingerprint density at radius 3 is 2.76 bits per heavy atom. The van der Waals surface area contributed by atoms with E-state index in [1.807, 2.05) is 77.4 Å². The first kappa shape index (κ1) is 29.6. The fraction of sp³-hybridized carbons (Fsp3) is 0.441. The molecule has 0 radical (unpaired) electrons. The van der Waals surface area contributed by atoms with Crippen LogP contribution in [0.2, 0.25) is 0 Å². The van der Waals surface area contributed by atoms with Crippen molar-refractivity contribution in [3.63, 3.8) is 0 Å². The molecule has 8 heteroatoms. The van der Waals surface area contributed by atoms with Gasteiger partial charge in [0.25, 0.3) is 0 Å². The molecule has 8 nitrogen and oxygen atoms in total. The van der Waals surface area contributed by atoms with Gasteiger partial charge in [-0.05, 0) is 54.2 Å². The van der Waals surface area contributed by atoms with E-state index in [9.17, 15) is 14.7 Å². The number of ether oxygens (including phenoxy) is 2. The van der Waals surface area contributed by atoms with E-state index in [2.05, 4.69) is 17.9 Å². The minimum absolute atomic E-state index is 0.0101. The summed E-state index contributed by atoms with van der Waals surface area (Å²) in [4.78, 5) is 30.9. The van der Waals surface area contributed by atoms with Gasteiger partial charge in [0.2, 0.25) is 5.91 Å². The van der Waals surface area contributed by atoms with Gasteiger partial charge in [-0.15, -0.1) is 0 Å². The lowest BCUT2D eigenvalue weighted by atomic mass is 9.83. The Labute approximate surface area is 248 Å². The molecule has 2 aliphatic heterocycles. The van der Waals surface area contributed by atoms with Crippen molar-refractivity contribution in [3.05, 3.63) is 83.7 Å². The van der Waals surface area contributed by atoms with Gasteiger partial charge >= 0.3 is 5.97 Å². The molecule has 1 aromatic heterocycles. The van der Waals surface area contributed by atoms with Crippen LogP contribution in [0.25, 0.3) is 0 Å². The lowest BCUT2D eigenvalue weighted by Crippen LogP contribution is -2.45. The van der Waals surface area contributed by atoms with Crippen LogP contribution in [0.3, 0.4) is 0 Å². The highest BCUT2D eigenvalue weighted by Gasteiger charge is 2.47. The number of hydrogen-bond acceptors (Lipinski definition) is 5. The largest absolute Gasteiger partial charge is 0.496 e. The van der Waals surface area contributed by atoms with Gasteiger partial charge < -0.3 is 19.5 Å². The summed E-state index contributed by atoms with van der Waals surface area (Å²) >= 11 is 0. The number of benzene rings is 2. The van der Waals surface area contributed by atoms with Gasteiger partial charge in [0.05, 0.1) is 26.2 Å². The number of unbranched alkanes of at least 4 members (excludes halogenated alkanes) is 1. The van der Waals surface area contributed by atoms with Crippen LogP contribution in [-0.2, 0) is 29.5 Å². The highest BCUT2D eigenvalue weighted by Crippen LogP contribution is 2.41. The molecule has 0 spiro atoms. The first-order valence-corrected chi connectivity index (χ1v) is 15.0. The highest BCUT2D eigenvalue weighted by atomic mass is 16.5. The summed E-state index contributed by atoms with van der Waals surface area (Å²) in [5, 5.41) is 10.6. The average Bonchev–Trinajstić information content (AvgIpc) is 3.60. The summed E-state index contributed by atoms with van der Waals surface area (Å²) in [5.41, 5.74) is 4.02. The maximum Gasteiger partial charge on any atom is 0.308 e. The van der Waals surface area contributed by atoms with Crippen LogP contribution in [-0.4, -0.2) is 61.3 Å². The quantitative estimate of drug-likeness (QED) is 0.324. The van der Waals surface area contributed by atoms with E-state index < -0.39 is 11.9 Å². The van der Waals surface area contributed by atoms with Gasteiger partial charge in [0.1, 0.15) is 24.2 Å². The summed E-state index contributed by atoms with van der Waals surface area (Å²) < 4.78 is 13.2. The van der Waals surface area contributed by atoms with Crippen molar-refractivity contribution < 1.29 is 28.7 Å². The van der Waals surface area contributed by atoms with Crippen molar-refractivity contribution >= 4 is 17.6 Å². The number of carbonyl (C=O) groups excluding carboxylic acids is 1. The van der Waals surface area contributed by atoms with E-state index in [1.54, 1.807) is 7.11 Å². The second kappa shape index (κ2) is 13.4. The monoisotopic (exact) mass is 572 g/mol. The number of rotatable bonds is 12. The summed E-state index contributed by atoms with van der Waals surface area (Å²) in [6, 6.07) is 17.6. The van der Waals surface area contributed by atoms with Crippen LogP contribution < -0.4 is 18.9 Å². The number of aliphatic carboxylic acids is 1. The van der Waals surface area contributed by atoms with E-state index in [0.29, 0.717) is 32.5 Å². The Kier molecular flexibility index (Phi) is 9.42. The van der Waals surface area contributed by atoms with Crippen molar-refractivity contribution in [2.45, 2.75) is 51.0 Å². The number of likely N-dealkylation sites (tertiary alicyclic amines) is 1. The van der Waals surface area contributed by atoms with Gasteiger partial charge in [0.15, 0.2) is 12.4 Å². The molecule has 1 amide bonds. The number of pyridine rings is 1. The molecule has 0 unspecified atom stereocenters. The lowest BCUT2D eigenvalue weighted by molar-refractivity contribution is -0.670. The number of aryl methyl sites for hydroxylation is 2. The Morgan fingerprint density at radius 2 is 2.00 bits per heavy atom. The zero-order chi connectivity index (χ0) is 29.6. The second-order valence-electron chi connectivity index (χ2n) is 11.4. The van der Waals surface area contributed by atoms with Crippen molar-refractivity contribution in [3.8, 4) is 11.5 Å². The summed E-state index contributed by atoms with van der Waals surface area (Å²) in [5.74, 6) is -0.0402. The molecule has 5 rings (SSSR count). The van der Waals surface area contributed by atoms with Crippen LogP contribution in [0, 0.1) is 5.92 Å². The SMILES string of the molecule is CCCCN(C(=O)CN1C[C@H](c2ccc3c(c2)CCO3)[C@@H](C(=O)O)[C@@H]1CCc1ccccc1OC)c1ccc[n+](C)c1. The van der Waals surface area contributed by atoms with E-state index in [1.165, 1.54) is 0 Å². The van der Waals surface area contributed by atoms with Crippen molar-refractivity contribution in [2.75, 3.05) is 38.3 Å². The van der Waals surface area contributed by atoms with Crippen LogP contribution in [0.1, 0.15) is 48.8 Å². The number of methoxy groups -OCH3 is 1. The van der Waals surface area contributed by atoms with Gasteiger partial charge in [-0.2, -0.15) is 0 Å². The lowest BCUT2D eigenvalue weighted by Gasteiger charge is -2.29. The number of carboxylic acids is 1. The standard InChI is InChI=1S/C34H41N3O5/c1-4-5-18-37(27-10-8-17-35(2)21-27)32(38)23-36-22-28(25-13-15-31-26(20-25)16-19-42-31)33(34(39)40)29(36)14-12-24-9-6-7-11-30(24)41-3/h6-11,13,15,17,20-21,28-29,33H,4-5,12,14,16,18-19,22-23H2,1-3H3/p+1/t28-,29+,33-/m1/s1. The van der Waals surface area contributed by atoms with Crippen molar-refractivity contribution in [1.82, 2.24) is 4.90 Å². The van der Waals surface area contributed by atoms with Crippen molar-refractivity contribution in [2.24, 2.45) is 13.0 Å². The number of aromatic nitrogens is 1. The van der Waals surface area contributed by atoms with Gasteiger partial charge in [-0.3, -0.25) is 14.5 Å². The van der Waals surface area contributed by atoms with E-state index in [0.717, 1.165) is 53.1 Å². The topological polar surface area (TPSA) is 83.2 Å². The summed E-state index contributed by atoms with van der Waals surface area (Å²) in [6.07, 6.45) is 7.86. The summed E-state index contributed by atoms with van der Waals surface area (Å²) in [7, 11) is 3.60. The maximum absolute atomic E-state index is 14.0. The number of carbonyl (C=O) groups is 2. The van der Waals surface area contributed by atoms with Gasteiger partial charge in [-0.25, -0.2) is 4.57 Å². The van der Waals surface area contributed by atoms with Crippen molar-refractivity contribution in [1.29, 1.82) is 0 Å². The molecule has 3 atom stereocenters. The molecular formula is C34H42N3O5+. The zero-order valence-electron chi connectivity index (χ0n) is 24.9. The Bertz CT molecular complexity index is 1410. The Morgan fingerprint density at radius 1 is 1.17 bits per heavy atom. The molecular weight excluding hydrogens is 530 g/mol. The molecule has 1 N–H and O–H groups in total. The van der Waals surface area contributed by atoms with Crippen LogP contribution in [0.15, 0.2) is 67.0 Å². The molecule has 1 saturated heterocycles. The minimum atomic E-state index is -0.824. The minimum Gasteiger partial charge on any atom is -0.496 e. The van der Waals surface area contributed by atoms with E-state index in [-0.39, 0.29) is 24.4 Å². The number of hydrogen-bond donors (Lipinski definition) is 1. The molecule has 0 saturated carbocycles. The van der Waals surface area contributed by atoms with E-state index >= 15 is 0 Å². The maximum atomic E-state index is 14.0. The first-order valence-electron chi connectivity index (χ1n) is 15.0. The third kappa shape index (κ3) is 6.44. The van der Waals surface area contributed by atoms with Crippen LogP contribution in [0.4, 0.5) is 5.69 Å². The number of carboxylic acid groups (broad SMARTS) is 1. The normalized spacial score (nSPS) is 19.7. The molecule has 2 aliphatic rings. The van der Waals surface area contributed by atoms with Crippen LogP contribution >= 0.6 is 0 Å². The third-order valence-corrected chi connectivity index (χ3v) is 8.69. The molecule has 3 heterocycles. The highest BCUT2D eigenvalue weighted by molar-refractivity contribution is 5.94. The van der Waals surface area contributed by atoms with Crippen LogP contribution in [0.5, 0.6) is 11.5 Å². The van der Waals surface area contributed by atoms with Gasteiger partial charge in [0, 0.05) is 37.5 Å². The Hall–Kier alpha value is -3.91. The fourth-order valence-corrected chi connectivity index (χ4v) is 6.55. The number of amides is 1. The fourth-order valence-electron chi connectivity index (χ4n) is 6.55. The molecule has 222 valence electrons. The second-order valence-corrected chi connectivity index (χ2v) is 11.4. The zero-order valence-corrected chi connectivity index (χ0v) is 24.9.